The van der Waals surface area contributed by atoms with Crippen LogP contribution in [-0.4, -0.2) is 36.2 Å². The number of hydrogen-bond donors (Lipinski definition) is 1. The zero-order chi connectivity index (χ0) is 9.52. The normalized spacial score (nSPS) is 16.8. The molecule has 0 radical (unpaired) electrons. The molecule has 0 unspecified atom stereocenters. The lowest BCUT2D eigenvalue weighted by molar-refractivity contribution is 0.190. The molecule has 0 aromatic rings. The smallest absolute Gasteiger partial charge is 0.0558 e. The minimum absolute atomic E-state index is 0.314. The first-order valence-electron chi connectivity index (χ1n) is 5.70. The predicted octanol–water partition coefficient (Wildman–Crippen LogP) is 1.88. The van der Waals surface area contributed by atoms with E-state index >= 15 is 0 Å². The van der Waals surface area contributed by atoms with Gasteiger partial charge >= 0.3 is 0 Å². The lowest BCUT2D eigenvalue weighted by atomic mass is 10.2. The molecular weight excluding hydrogens is 162 g/mol. The topological polar surface area (TPSA) is 23.5 Å². The standard InChI is InChI=1S/C11H23NO/c1-2-3-7-12(9-10-13)8-6-11-4-5-11/h11,13H,2-10H2,1H3. The number of unbranched alkanes of at least 4 members (excludes halogenated alkanes) is 1. The van der Waals surface area contributed by atoms with E-state index in [9.17, 15) is 0 Å². The van der Waals surface area contributed by atoms with Gasteiger partial charge in [-0.15, -0.1) is 0 Å². The van der Waals surface area contributed by atoms with Gasteiger partial charge in [0.25, 0.3) is 0 Å². The van der Waals surface area contributed by atoms with Gasteiger partial charge in [-0.25, -0.2) is 0 Å². The van der Waals surface area contributed by atoms with Crippen LogP contribution in [0.2, 0.25) is 0 Å². The molecule has 2 nitrogen and oxygen atoms in total. The molecule has 1 saturated carbocycles. The van der Waals surface area contributed by atoms with Crippen LogP contribution in [-0.2, 0) is 0 Å². The molecule has 0 spiro atoms. The van der Waals surface area contributed by atoms with Gasteiger partial charge in [0.1, 0.15) is 0 Å². The minimum atomic E-state index is 0.314. The fraction of sp³-hybridized carbons (Fsp3) is 1.00. The van der Waals surface area contributed by atoms with Gasteiger partial charge < -0.3 is 10.0 Å². The molecule has 0 atom stereocenters. The Kier molecular flexibility index (Phi) is 5.40. The van der Waals surface area contributed by atoms with Gasteiger partial charge in [0.15, 0.2) is 0 Å². The first-order valence-corrected chi connectivity index (χ1v) is 5.70. The monoisotopic (exact) mass is 185 g/mol. The van der Waals surface area contributed by atoms with E-state index in [1.807, 2.05) is 0 Å². The molecule has 0 aromatic carbocycles. The molecule has 0 aliphatic heterocycles. The van der Waals surface area contributed by atoms with E-state index in [0.29, 0.717) is 6.61 Å². The van der Waals surface area contributed by atoms with Gasteiger partial charge in [0, 0.05) is 6.54 Å². The predicted molar refractivity (Wildman–Crippen MR) is 55.8 cm³/mol. The Bertz CT molecular complexity index is 123. The maximum Gasteiger partial charge on any atom is 0.0558 e. The quantitative estimate of drug-likeness (QED) is 0.624. The third-order valence-electron chi connectivity index (χ3n) is 2.79. The van der Waals surface area contributed by atoms with Crippen molar-refractivity contribution >= 4 is 0 Å². The third-order valence-corrected chi connectivity index (χ3v) is 2.79. The molecule has 2 heteroatoms. The van der Waals surface area contributed by atoms with Crippen molar-refractivity contribution in [1.29, 1.82) is 0 Å². The van der Waals surface area contributed by atoms with E-state index in [1.165, 1.54) is 45.2 Å². The molecule has 0 aromatic heterocycles. The van der Waals surface area contributed by atoms with Gasteiger partial charge in [-0.05, 0) is 31.8 Å². The Morgan fingerprint density at radius 1 is 1.23 bits per heavy atom. The summed E-state index contributed by atoms with van der Waals surface area (Å²) in [6.07, 6.45) is 6.77. The highest BCUT2D eigenvalue weighted by Crippen LogP contribution is 2.32. The van der Waals surface area contributed by atoms with E-state index in [4.69, 9.17) is 5.11 Å². The highest BCUT2D eigenvalue weighted by Gasteiger charge is 2.21. The van der Waals surface area contributed by atoms with Crippen molar-refractivity contribution in [3.05, 3.63) is 0 Å². The fourth-order valence-corrected chi connectivity index (χ4v) is 1.63. The zero-order valence-corrected chi connectivity index (χ0v) is 8.84. The zero-order valence-electron chi connectivity index (χ0n) is 8.84. The largest absolute Gasteiger partial charge is 0.395 e. The van der Waals surface area contributed by atoms with E-state index in [-0.39, 0.29) is 0 Å². The van der Waals surface area contributed by atoms with Crippen LogP contribution in [0.5, 0.6) is 0 Å². The summed E-state index contributed by atoms with van der Waals surface area (Å²) in [5.41, 5.74) is 0. The maximum atomic E-state index is 8.88. The van der Waals surface area contributed by atoms with Crippen LogP contribution in [0, 0.1) is 5.92 Å². The van der Waals surface area contributed by atoms with Crippen LogP contribution in [0.15, 0.2) is 0 Å². The average Bonchev–Trinajstić information content (AvgIpc) is 2.93. The maximum absolute atomic E-state index is 8.88. The summed E-state index contributed by atoms with van der Waals surface area (Å²) in [5.74, 6) is 1.02. The molecule has 1 N–H and O–H groups in total. The summed E-state index contributed by atoms with van der Waals surface area (Å²) in [5, 5.41) is 8.88. The Labute approximate surface area is 81.9 Å². The Morgan fingerprint density at radius 3 is 2.54 bits per heavy atom. The van der Waals surface area contributed by atoms with E-state index < -0.39 is 0 Å². The van der Waals surface area contributed by atoms with Crippen LogP contribution < -0.4 is 0 Å². The lowest BCUT2D eigenvalue weighted by Gasteiger charge is -2.20. The Balaban J connectivity index is 2.03. The minimum Gasteiger partial charge on any atom is -0.395 e. The van der Waals surface area contributed by atoms with Gasteiger partial charge in [-0.3, -0.25) is 0 Å². The first-order chi connectivity index (χ1) is 6.36. The van der Waals surface area contributed by atoms with Crippen molar-refractivity contribution in [2.24, 2.45) is 5.92 Å². The molecule has 1 fully saturated rings. The summed E-state index contributed by atoms with van der Waals surface area (Å²) in [7, 11) is 0. The summed E-state index contributed by atoms with van der Waals surface area (Å²) >= 11 is 0. The molecule has 13 heavy (non-hydrogen) atoms. The summed E-state index contributed by atoms with van der Waals surface area (Å²) in [6, 6.07) is 0. The number of nitrogens with zero attached hydrogens (tertiary/aromatic N) is 1. The van der Waals surface area contributed by atoms with Gasteiger partial charge in [0.2, 0.25) is 0 Å². The van der Waals surface area contributed by atoms with Crippen molar-refractivity contribution in [3.63, 3.8) is 0 Å². The second kappa shape index (κ2) is 6.39. The summed E-state index contributed by atoms with van der Waals surface area (Å²) < 4.78 is 0. The van der Waals surface area contributed by atoms with E-state index in [1.54, 1.807) is 0 Å². The van der Waals surface area contributed by atoms with Gasteiger partial charge in [-0.1, -0.05) is 26.2 Å². The lowest BCUT2D eigenvalue weighted by Crippen LogP contribution is -2.29. The summed E-state index contributed by atoms with van der Waals surface area (Å²) in [6.45, 7) is 5.77. The molecule has 0 amide bonds. The van der Waals surface area contributed by atoms with Crippen molar-refractivity contribution < 1.29 is 5.11 Å². The molecule has 1 rings (SSSR count). The van der Waals surface area contributed by atoms with E-state index in [2.05, 4.69) is 11.8 Å². The number of aliphatic hydroxyl groups is 1. The van der Waals surface area contributed by atoms with E-state index in [0.717, 1.165) is 12.5 Å². The van der Waals surface area contributed by atoms with Crippen LogP contribution >= 0.6 is 0 Å². The highest BCUT2D eigenvalue weighted by molar-refractivity contribution is 4.74. The van der Waals surface area contributed by atoms with Crippen LogP contribution in [0.25, 0.3) is 0 Å². The molecule has 0 bridgehead atoms. The second-order valence-corrected chi connectivity index (χ2v) is 4.15. The van der Waals surface area contributed by atoms with Crippen LogP contribution in [0.4, 0.5) is 0 Å². The van der Waals surface area contributed by atoms with Crippen molar-refractivity contribution in [3.8, 4) is 0 Å². The molecule has 78 valence electrons. The molecule has 1 aliphatic carbocycles. The Morgan fingerprint density at radius 2 is 2.00 bits per heavy atom. The van der Waals surface area contributed by atoms with Crippen molar-refractivity contribution in [1.82, 2.24) is 4.90 Å². The molecular formula is C11H23NO. The second-order valence-electron chi connectivity index (χ2n) is 4.15. The Hall–Kier alpha value is -0.0800. The third kappa shape index (κ3) is 5.27. The van der Waals surface area contributed by atoms with Crippen molar-refractivity contribution in [2.75, 3.05) is 26.2 Å². The van der Waals surface area contributed by atoms with Crippen LogP contribution in [0.1, 0.15) is 39.0 Å². The molecule has 0 saturated heterocycles. The molecule has 0 heterocycles. The fourth-order valence-electron chi connectivity index (χ4n) is 1.63. The van der Waals surface area contributed by atoms with Gasteiger partial charge in [0.05, 0.1) is 6.61 Å². The van der Waals surface area contributed by atoms with Crippen LogP contribution in [0.3, 0.4) is 0 Å². The SMILES string of the molecule is CCCCN(CCO)CCC1CC1. The number of aliphatic hydroxyl groups excluding tert-OH is 1. The first kappa shape index (κ1) is 11.0. The molecule has 1 aliphatic rings. The highest BCUT2D eigenvalue weighted by atomic mass is 16.3. The van der Waals surface area contributed by atoms with Crippen molar-refractivity contribution in [2.45, 2.75) is 39.0 Å². The van der Waals surface area contributed by atoms with Gasteiger partial charge in [-0.2, -0.15) is 0 Å². The average molecular weight is 185 g/mol. The number of rotatable bonds is 8. The summed E-state index contributed by atoms with van der Waals surface area (Å²) in [4.78, 5) is 2.40. The number of hydrogen-bond acceptors (Lipinski definition) is 2.